The summed E-state index contributed by atoms with van der Waals surface area (Å²) in [5, 5.41) is 5.90. The maximum Gasteiger partial charge on any atom is 0.252 e. The molecule has 0 aliphatic carbocycles. The van der Waals surface area contributed by atoms with Crippen LogP contribution < -0.4 is 25.0 Å². The fourth-order valence-corrected chi connectivity index (χ4v) is 3.99. The van der Waals surface area contributed by atoms with E-state index >= 15 is 0 Å². The summed E-state index contributed by atoms with van der Waals surface area (Å²) in [6, 6.07) is 12.3. The molecule has 1 unspecified atom stereocenters. The minimum absolute atomic E-state index is 0.214. The smallest absolute Gasteiger partial charge is 0.252 e. The summed E-state index contributed by atoms with van der Waals surface area (Å²) in [5.41, 5.74) is 2.27. The Morgan fingerprint density at radius 1 is 1.06 bits per heavy atom. The van der Waals surface area contributed by atoms with Crippen LogP contribution in [-0.4, -0.2) is 44.7 Å². The number of benzene rings is 2. The monoisotopic (exact) mass is 453 g/mol. The van der Waals surface area contributed by atoms with Crippen molar-refractivity contribution < 1.29 is 19.1 Å². The second-order valence-electron chi connectivity index (χ2n) is 8.20. The minimum atomic E-state index is -0.634. The van der Waals surface area contributed by atoms with Gasteiger partial charge in [-0.1, -0.05) is 25.8 Å². The Hall–Kier alpha value is -3.22. The second-order valence-corrected chi connectivity index (χ2v) is 8.20. The number of methoxy groups -OCH3 is 1. The molecule has 178 valence electrons. The van der Waals surface area contributed by atoms with Gasteiger partial charge in [0, 0.05) is 30.0 Å². The van der Waals surface area contributed by atoms with E-state index in [-0.39, 0.29) is 11.8 Å². The Morgan fingerprint density at radius 2 is 1.85 bits per heavy atom. The molecule has 7 nitrogen and oxygen atoms in total. The van der Waals surface area contributed by atoms with Crippen LogP contribution in [0, 0.1) is 0 Å². The van der Waals surface area contributed by atoms with Gasteiger partial charge in [-0.2, -0.15) is 0 Å². The van der Waals surface area contributed by atoms with Gasteiger partial charge < -0.3 is 25.0 Å². The van der Waals surface area contributed by atoms with Crippen LogP contribution in [0.3, 0.4) is 0 Å². The highest BCUT2D eigenvalue weighted by Crippen LogP contribution is 2.28. The van der Waals surface area contributed by atoms with Gasteiger partial charge in [0.1, 0.15) is 6.04 Å². The summed E-state index contributed by atoms with van der Waals surface area (Å²) < 4.78 is 10.9. The molecule has 2 aromatic rings. The van der Waals surface area contributed by atoms with Crippen molar-refractivity contribution in [3.8, 4) is 11.5 Å². The zero-order valence-corrected chi connectivity index (χ0v) is 19.9. The van der Waals surface area contributed by atoms with Crippen molar-refractivity contribution >= 4 is 23.2 Å². The van der Waals surface area contributed by atoms with Gasteiger partial charge in [0.2, 0.25) is 5.91 Å². The van der Waals surface area contributed by atoms with E-state index in [1.54, 1.807) is 25.3 Å². The van der Waals surface area contributed by atoms with Crippen molar-refractivity contribution in [1.82, 2.24) is 5.32 Å². The number of hydrogen-bond acceptors (Lipinski definition) is 5. The summed E-state index contributed by atoms with van der Waals surface area (Å²) in [6.45, 7) is 6.47. The van der Waals surface area contributed by atoms with E-state index in [4.69, 9.17) is 9.47 Å². The Kier molecular flexibility index (Phi) is 8.98. The van der Waals surface area contributed by atoms with E-state index in [1.165, 1.54) is 12.8 Å². The Bertz CT molecular complexity index is 941. The molecule has 0 radical (unpaired) electrons. The average Bonchev–Trinajstić information content (AvgIpc) is 3.37. The molecular weight excluding hydrogens is 418 g/mol. The van der Waals surface area contributed by atoms with Crippen molar-refractivity contribution in [2.24, 2.45) is 0 Å². The lowest BCUT2D eigenvalue weighted by Gasteiger charge is -2.21. The molecule has 0 bridgehead atoms. The molecule has 2 amide bonds. The number of carbonyl (C=O) groups is 2. The molecule has 3 rings (SSSR count). The summed E-state index contributed by atoms with van der Waals surface area (Å²) in [4.78, 5) is 28.4. The molecule has 0 saturated carbocycles. The molecule has 1 fully saturated rings. The van der Waals surface area contributed by atoms with Gasteiger partial charge in [0.25, 0.3) is 5.91 Å². The van der Waals surface area contributed by atoms with Crippen molar-refractivity contribution in [1.29, 1.82) is 0 Å². The standard InChI is InChI=1S/C26H35N3O4/c1-4-6-12-22(28-25(30)19-13-14-23(32-3)24(17-19)33-5-2)26(31)27-20-10-9-11-21(18-20)29-15-7-8-16-29/h9-11,13-14,17-18,22H,4-8,12,15-16H2,1-3H3,(H,27,31)(H,28,30). The number of ether oxygens (including phenoxy) is 2. The number of nitrogens with one attached hydrogen (secondary N) is 2. The Morgan fingerprint density at radius 3 is 2.55 bits per heavy atom. The first-order valence-corrected chi connectivity index (χ1v) is 11.8. The van der Waals surface area contributed by atoms with Gasteiger partial charge in [-0.3, -0.25) is 9.59 Å². The lowest BCUT2D eigenvalue weighted by atomic mass is 10.1. The van der Waals surface area contributed by atoms with Crippen LogP contribution in [0.1, 0.15) is 56.3 Å². The first-order valence-electron chi connectivity index (χ1n) is 11.8. The van der Waals surface area contributed by atoms with Gasteiger partial charge >= 0.3 is 0 Å². The van der Waals surface area contributed by atoms with Crippen LogP contribution in [0.5, 0.6) is 11.5 Å². The third-order valence-electron chi connectivity index (χ3n) is 5.78. The van der Waals surface area contributed by atoms with Crippen LogP contribution in [0.4, 0.5) is 11.4 Å². The fourth-order valence-electron chi connectivity index (χ4n) is 3.99. The summed E-state index contributed by atoms with van der Waals surface area (Å²) >= 11 is 0. The van der Waals surface area contributed by atoms with E-state index < -0.39 is 6.04 Å². The van der Waals surface area contributed by atoms with Crippen LogP contribution in [0.25, 0.3) is 0 Å². The van der Waals surface area contributed by atoms with E-state index in [1.807, 2.05) is 25.1 Å². The maximum atomic E-state index is 13.1. The highest BCUT2D eigenvalue weighted by molar-refractivity contribution is 6.01. The first-order chi connectivity index (χ1) is 16.0. The molecule has 7 heteroatoms. The highest BCUT2D eigenvalue weighted by atomic mass is 16.5. The number of nitrogens with zero attached hydrogens (tertiary/aromatic N) is 1. The van der Waals surface area contributed by atoms with Gasteiger partial charge in [0.15, 0.2) is 11.5 Å². The molecule has 0 spiro atoms. The van der Waals surface area contributed by atoms with Crippen LogP contribution in [0.2, 0.25) is 0 Å². The maximum absolute atomic E-state index is 13.1. The first kappa shape index (κ1) is 24.4. The molecule has 1 atom stereocenters. The molecule has 1 aliphatic rings. The number of anilines is 2. The quantitative estimate of drug-likeness (QED) is 0.519. The lowest BCUT2D eigenvalue weighted by Crippen LogP contribution is -2.43. The molecule has 33 heavy (non-hydrogen) atoms. The molecule has 2 aromatic carbocycles. The van der Waals surface area contributed by atoms with Crippen LogP contribution in [0.15, 0.2) is 42.5 Å². The molecule has 1 saturated heterocycles. The third kappa shape index (κ3) is 6.63. The van der Waals surface area contributed by atoms with E-state index in [2.05, 4.69) is 28.5 Å². The summed E-state index contributed by atoms with van der Waals surface area (Å²) in [5.74, 6) is 0.530. The van der Waals surface area contributed by atoms with Gasteiger partial charge in [-0.25, -0.2) is 0 Å². The van der Waals surface area contributed by atoms with E-state index in [0.29, 0.717) is 30.1 Å². The predicted octanol–water partition coefficient (Wildman–Crippen LogP) is 4.62. The summed E-state index contributed by atoms with van der Waals surface area (Å²) in [6.07, 6.45) is 4.71. The average molecular weight is 454 g/mol. The topological polar surface area (TPSA) is 79.9 Å². The molecule has 1 heterocycles. The molecule has 1 aliphatic heterocycles. The Balaban J connectivity index is 1.71. The number of unbranched alkanes of at least 4 members (excludes halogenated alkanes) is 1. The number of carbonyl (C=O) groups excluding carboxylic acids is 2. The third-order valence-corrected chi connectivity index (χ3v) is 5.78. The Labute approximate surface area is 196 Å². The van der Waals surface area contributed by atoms with E-state index in [0.717, 1.165) is 37.3 Å². The van der Waals surface area contributed by atoms with Crippen molar-refractivity contribution in [2.75, 3.05) is 37.0 Å². The molecule has 0 aromatic heterocycles. The van der Waals surface area contributed by atoms with Crippen molar-refractivity contribution in [3.63, 3.8) is 0 Å². The van der Waals surface area contributed by atoms with E-state index in [9.17, 15) is 9.59 Å². The fraction of sp³-hybridized carbons (Fsp3) is 0.462. The number of rotatable bonds is 11. The number of hydrogen-bond donors (Lipinski definition) is 2. The molecule has 2 N–H and O–H groups in total. The zero-order valence-electron chi connectivity index (χ0n) is 19.9. The van der Waals surface area contributed by atoms with Gasteiger partial charge in [0.05, 0.1) is 13.7 Å². The SMILES string of the molecule is CCCCC(NC(=O)c1ccc(OC)c(OCC)c1)C(=O)Nc1cccc(N2CCCC2)c1. The second kappa shape index (κ2) is 12.1. The molecular formula is C26H35N3O4. The van der Waals surface area contributed by atoms with Crippen LogP contribution in [-0.2, 0) is 4.79 Å². The lowest BCUT2D eigenvalue weighted by molar-refractivity contribution is -0.118. The normalized spacial score (nSPS) is 14.0. The summed E-state index contributed by atoms with van der Waals surface area (Å²) in [7, 11) is 1.56. The van der Waals surface area contributed by atoms with Gasteiger partial charge in [-0.15, -0.1) is 0 Å². The minimum Gasteiger partial charge on any atom is -0.493 e. The van der Waals surface area contributed by atoms with Crippen LogP contribution >= 0.6 is 0 Å². The largest absolute Gasteiger partial charge is 0.493 e. The highest BCUT2D eigenvalue weighted by Gasteiger charge is 2.22. The number of amides is 2. The van der Waals surface area contributed by atoms with Crippen molar-refractivity contribution in [3.05, 3.63) is 48.0 Å². The predicted molar refractivity (Wildman–Crippen MR) is 131 cm³/mol. The van der Waals surface area contributed by atoms with Crippen molar-refractivity contribution in [2.45, 2.75) is 52.0 Å². The zero-order chi connectivity index (χ0) is 23.6. The van der Waals surface area contributed by atoms with Gasteiger partial charge in [-0.05, 0) is 62.6 Å².